The van der Waals surface area contributed by atoms with Gasteiger partial charge in [-0.1, -0.05) is 48.0 Å². The van der Waals surface area contributed by atoms with Crippen molar-refractivity contribution in [2.45, 2.75) is 39.2 Å². The van der Waals surface area contributed by atoms with Crippen LogP contribution in [-0.2, 0) is 26.0 Å². The minimum atomic E-state index is -3.48. The molecule has 1 N–H and O–H groups in total. The highest BCUT2D eigenvalue weighted by molar-refractivity contribution is 7.92. The molecule has 0 fully saturated rings. The fourth-order valence-electron chi connectivity index (χ4n) is 3.49. The van der Waals surface area contributed by atoms with Crippen LogP contribution in [0.5, 0.6) is 0 Å². The first-order valence-electron chi connectivity index (χ1n) is 10.7. The fourth-order valence-corrected chi connectivity index (χ4v) is 4.46. The summed E-state index contributed by atoms with van der Waals surface area (Å²) in [5.41, 5.74) is 2.69. The van der Waals surface area contributed by atoms with Crippen molar-refractivity contribution < 1.29 is 18.0 Å². The molecule has 0 spiro atoms. The number of hydrogen-bond donors (Lipinski definition) is 1. The molecule has 0 heterocycles. The van der Waals surface area contributed by atoms with Crippen molar-refractivity contribution in [2.75, 3.05) is 30.7 Å². The van der Waals surface area contributed by atoms with Gasteiger partial charge in [0.15, 0.2) is 0 Å². The highest BCUT2D eigenvalue weighted by atomic mass is 32.2. The number of likely N-dealkylation sites (N-methyl/N-ethyl adjacent to an activating group) is 1. The minimum Gasteiger partial charge on any atom is -0.357 e. The van der Waals surface area contributed by atoms with Gasteiger partial charge in [-0.05, 0) is 44.4 Å². The van der Waals surface area contributed by atoms with Crippen LogP contribution in [0.1, 0.15) is 30.9 Å². The van der Waals surface area contributed by atoms with Crippen molar-refractivity contribution in [3.8, 4) is 0 Å². The molecule has 2 aromatic rings. The number of carbonyl (C=O) groups excluding carboxylic acids is 2. The van der Waals surface area contributed by atoms with Crippen LogP contribution in [0, 0.1) is 6.92 Å². The number of sulfonamides is 1. The van der Waals surface area contributed by atoms with Crippen molar-refractivity contribution in [3.05, 3.63) is 65.7 Å². The van der Waals surface area contributed by atoms with E-state index in [1.807, 2.05) is 49.4 Å². The Kier molecular flexibility index (Phi) is 9.26. The second-order valence-electron chi connectivity index (χ2n) is 7.89. The Morgan fingerprint density at radius 3 is 2.19 bits per heavy atom. The largest absolute Gasteiger partial charge is 0.357 e. The van der Waals surface area contributed by atoms with Gasteiger partial charge in [0.2, 0.25) is 21.8 Å². The predicted molar refractivity (Wildman–Crippen MR) is 128 cm³/mol. The lowest BCUT2D eigenvalue weighted by Gasteiger charge is -2.29. The van der Waals surface area contributed by atoms with Crippen LogP contribution in [0.2, 0.25) is 0 Å². The van der Waals surface area contributed by atoms with Crippen LogP contribution in [0.25, 0.3) is 0 Å². The van der Waals surface area contributed by atoms with Crippen molar-refractivity contribution in [3.63, 3.8) is 0 Å². The molecular weight excluding hydrogens is 426 g/mol. The Balaban J connectivity index is 2.06. The van der Waals surface area contributed by atoms with E-state index in [1.165, 1.54) is 4.31 Å². The topological polar surface area (TPSA) is 86.8 Å². The van der Waals surface area contributed by atoms with Gasteiger partial charge in [0.05, 0.1) is 11.9 Å². The summed E-state index contributed by atoms with van der Waals surface area (Å²) in [6.45, 7) is 4.24. The van der Waals surface area contributed by atoms with Crippen LogP contribution in [0.4, 0.5) is 5.69 Å². The molecule has 0 radical (unpaired) electrons. The molecule has 0 bridgehead atoms. The van der Waals surface area contributed by atoms with E-state index >= 15 is 0 Å². The molecule has 7 nitrogen and oxygen atoms in total. The molecule has 0 saturated heterocycles. The maximum absolute atomic E-state index is 13.0. The van der Waals surface area contributed by atoms with E-state index in [-0.39, 0.29) is 24.8 Å². The number of amides is 2. The van der Waals surface area contributed by atoms with Gasteiger partial charge in [0.25, 0.3) is 0 Å². The normalized spacial score (nSPS) is 12.1. The summed E-state index contributed by atoms with van der Waals surface area (Å²) < 4.78 is 25.9. The fraction of sp³-hybridized carbons (Fsp3) is 0.417. The zero-order valence-corrected chi connectivity index (χ0v) is 20.1. The van der Waals surface area contributed by atoms with Crippen molar-refractivity contribution in [2.24, 2.45) is 0 Å². The number of anilines is 1. The van der Waals surface area contributed by atoms with E-state index in [9.17, 15) is 18.0 Å². The van der Waals surface area contributed by atoms with Crippen molar-refractivity contribution >= 4 is 27.5 Å². The molecule has 174 valence electrons. The van der Waals surface area contributed by atoms with E-state index in [2.05, 4.69) is 5.32 Å². The number of benzene rings is 2. The van der Waals surface area contributed by atoms with Gasteiger partial charge >= 0.3 is 0 Å². The highest BCUT2D eigenvalue weighted by Crippen LogP contribution is 2.19. The third-order valence-electron chi connectivity index (χ3n) is 5.37. The lowest BCUT2D eigenvalue weighted by Crippen LogP contribution is -2.48. The van der Waals surface area contributed by atoms with Gasteiger partial charge in [-0.25, -0.2) is 8.42 Å². The molecule has 2 aromatic carbocycles. The summed E-state index contributed by atoms with van der Waals surface area (Å²) in [7, 11) is -1.94. The monoisotopic (exact) mass is 459 g/mol. The standard InChI is InChI=1S/C24H33N3O4S/c1-19-12-14-22(15-13-19)27(32(4,30)31)17-8-11-23(28)26(20(2)24(29)25-3)18-16-21-9-6-5-7-10-21/h5-7,9-10,12-15,20H,8,11,16-18H2,1-4H3,(H,25,29)/t20-/m0/s1. The van der Waals surface area contributed by atoms with Gasteiger partial charge in [0.1, 0.15) is 6.04 Å². The molecule has 1 atom stereocenters. The number of nitrogens with one attached hydrogen (secondary N) is 1. The second kappa shape index (κ2) is 11.7. The van der Waals surface area contributed by atoms with E-state index in [4.69, 9.17) is 0 Å². The van der Waals surface area contributed by atoms with E-state index in [0.717, 1.165) is 17.4 Å². The summed E-state index contributed by atoms with van der Waals surface area (Å²) in [6.07, 6.45) is 2.29. The van der Waals surface area contributed by atoms with Crippen LogP contribution in [-0.4, -0.2) is 57.6 Å². The smallest absolute Gasteiger partial charge is 0.242 e. The second-order valence-corrected chi connectivity index (χ2v) is 9.79. The van der Waals surface area contributed by atoms with Crippen LogP contribution >= 0.6 is 0 Å². The van der Waals surface area contributed by atoms with Gasteiger partial charge in [0, 0.05) is 26.6 Å². The summed E-state index contributed by atoms with van der Waals surface area (Å²) in [6, 6.07) is 16.4. The Labute approximate surface area is 191 Å². The van der Waals surface area contributed by atoms with Crippen LogP contribution in [0.3, 0.4) is 0 Å². The first kappa shape index (κ1) is 25.4. The lowest BCUT2D eigenvalue weighted by molar-refractivity contribution is -0.139. The number of rotatable bonds is 11. The Bertz CT molecular complexity index is 992. The molecule has 32 heavy (non-hydrogen) atoms. The molecule has 0 aliphatic rings. The van der Waals surface area contributed by atoms with Crippen LogP contribution in [0.15, 0.2) is 54.6 Å². The summed E-state index contributed by atoms with van der Waals surface area (Å²) in [4.78, 5) is 26.8. The third kappa shape index (κ3) is 7.37. The first-order chi connectivity index (χ1) is 15.1. The Morgan fingerprint density at radius 2 is 1.62 bits per heavy atom. The predicted octanol–water partition coefficient (Wildman–Crippen LogP) is 2.75. The number of carbonyl (C=O) groups is 2. The summed E-state index contributed by atoms with van der Waals surface area (Å²) in [5, 5.41) is 2.60. The van der Waals surface area contributed by atoms with Crippen LogP contribution < -0.4 is 9.62 Å². The third-order valence-corrected chi connectivity index (χ3v) is 6.57. The average Bonchev–Trinajstić information content (AvgIpc) is 2.77. The average molecular weight is 460 g/mol. The molecular formula is C24H33N3O4S. The zero-order chi connectivity index (χ0) is 23.7. The quantitative estimate of drug-likeness (QED) is 0.560. The van der Waals surface area contributed by atoms with Gasteiger partial charge in [-0.3, -0.25) is 13.9 Å². The highest BCUT2D eigenvalue weighted by Gasteiger charge is 2.25. The summed E-state index contributed by atoms with van der Waals surface area (Å²) in [5.74, 6) is -0.404. The van der Waals surface area contributed by atoms with Gasteiger partial charge in [-0.15, -0.1) is 0 Å². The molecule has 0 aliphatic heterocycles. The Hall–Kier alpha value is -2.87. The van der Waals surface area contributed by atoms with Gasteiger partial charge < -0.3 is 10.2 Å². The Morgan fingerprint density at radius 1 is 1.00 bits per heavy atom. The maximum Gasteiger partial charge on any atom is 0.242 e. The van der Waals surface area contributed by atoms with E-state index in [1.54, 1.807) is 31.0 Å². The van der Waals surface area contributed by atoms with E-state index in [0.29, 0.717) is 25.1 Å². The van der Waals surface area contributed by atoms with Gasteiger partial charge in [-0.2, -0.15) is 0 Å². The number of aryl methyl sites for hydroxylation is 1. The number of nitrogens with zero attached hydrogens (tertiary/aromatic N) is 2. The molecule has 0 aliphatic carbocycles. The molecule has 8 heteroatoms. The lowest BCUT2D eigenvalue weighted by atomic mass is 10.1. The molecule has 0 unspecified atom stereocenters. The SMILES string of the molecule is CNC(=O)[C@H](C)N(CCc1ccccc1)C(=O)CCCN(c1ccc(C)cc1)S(C)(=O)=O. The molecule has 0 aromatic heterocycles. The number of hydrogen-bond acceptors (Lipinski definition) is 4. The maximum atomic E-state index is 13.0. The summed E-state index contributed by atoms with van der Waals surface area (Å²) >= 11 is 0. The molecule has 2 amide bonds. The molecule has 0 saturated carbocycles. The first-order valence-corrected chi connectivity index (χ1v) is 12.6. The van der Waals surface area contributed by atoms with Crippen molar-refractivity contribution in [1.29, 1.82) is 0 Å². The van der Waals surface area contributed by atoms with Crippen molar-refractivity contribution in [1.82, 2.24) is 10.2 Å². The molecule has 2 rings (SSSR count). The minimum absolute atomic E-state index is 0.147. The van der Waals surface area contributed by atoms with E-state index < -0.39 is 16.1 Å². The zero-order valence-electron chi connectivity index (χ0n) is 19.2.